The van der Waals surface area contributed by atoms with E-state index >= 15 is 0 Å². The Hall–Kier alpha value is -0.940. The summed E-state index contributed by atoms with van der Waals surface area (Å²) in [6.45, 7) is 8.90. The Bertz CT molecular complexity index is 464. The fourth-order valence-corrected chi connectivity index (χ4v) is 3.87. The van der Waals surface area contributed by atoms with Crippen molar-refractivity contribution in [1.29, 1.82) is 0 Å². The van der Waals surface area contributed by atoms with Crippen molar-refractivity contribution in [2.75, 3.05) is 6.54 Å². The third-order valence-corrected chi connectivity index (χ3v) is 5.37. The van der Waals surface area contributed by atoms with E-state index in [0.717, 1.165) is 30.0 Å². The van der Waals surface area contributed by atoms with Crippen LogP contribution < -0.4 is 5.32 Å². The zero-order valence-corrected chi connectivity index (χ0v) is 14.4. The lowest BCUT2D eigenvalue weighted by Gasteiger charge is -2.39. The van der Waals surface area contributed by atoms with Crippen molar-refractivity contribution in [1.82, 2.24) is 15.2 Å². The molecule has 0 bridgehead atoms. The highest BCUT2D eigenvalue weighted by Crippen LogP contribution is 2.22. The van der Waals surface area contributed by atoms with Gasteiger partial charge in [-0.1, -0.05) is 6.92 Å². The average molecular weight is 309 g/mol. The topological polar surface area (TPSA) is 45.2 Å². The van der Waals surface area contributed by atoms with Crippen LogP contribution in [0.3, 0.4) is 0 Å². The third kappa shape index (κ3) is 4.04. The molecule has 1 aliphatic heterocycles. The average Bonchev–Trinajstić information content (AvgIpc) is 2.93. The fraction of sp³-hybridized carbons (Fsp3) is 0.750. The van der Waals surface area contributed by atoms with Crippen LogP contribution in [-0.2, 0) is 11.2 Å². The molecule has 1 amide bonds. The maximum absolute atomic E-state index is 12.5. The molecule has 1 aromatic rings. The number of nitrogens with one attached hydrogen (secondary N) is 1. The molecule has 118 valence electrons. The number of aryl methyl sites for hydroxylation is 1. The van der Waals surface area contributed by atoms with E-state index in [1.807, 2.05) is 0 Å². The molecule has 0 aromatic carbocycles. The first-order valence-corrected chi connectivity index (χ1v) is 8.89. The highest BCUT2D eigenvalue weighted by atomic mass is 32.1. The normalized spacial score (nSPS) is 24.1. The van der Waals surface area contributed by atoms with Crippen LogP contribution in [0, 0.1) is 0 Å². The lowest BCUT2D eigenvalue weighted by Crippen LogP contribution is -2.50. The Kier molecular flexibility index (Phi) is 5.76. The van der Waals surface area contributed by atoms with Gasteiger partial charge in [0.25, 0.3) is 0 Å². The van der Waals surface area contributed by atoms with Crippen molar-refractivity contribution >= 4 is 17.2 Å². The van der Waals surface area contributed by atoms with Crippen molar-refractivity contribution in [2.24, 2.45) is 0 Å². The van der Waals surface area contributed by atoms with Gasteiger partial charge in [0.1, 0.15) is 0 Å². The van der Waals surface area contributed by atoms with Crippen LogP contribution >= 0.6 is 11.3 Å². The van der Waals surface area contributed by atoms with E-state index in [1.165, 1.54) is 6.42 Å². The van der Waals surface area contributed by atoms with E-state index in [-0.39, 0.29) is 11.9 Å². The summed E-state index contributed by atoms with van der Waals surface area (Å²) in [5.41, 5.74) is 1.05. The Morgan fingerprint density at radius 1 is 1.48 bits per heavy atom. The van der Waals surface area contributed by atoms with Gasteiger partial charge in [-0.15, -0.1) is 11.3 Å². The number of likely N-dealkylation sites (tertiary alicyclic amines) is 1. The summed E-state index contributed by atoms with van der Waals surface area (Å²) in [6.07, 6.45) is 4.45. The number of rotatable bonds is 5. The number of hydrogen-bond acceptors (Lipinski definition) is 4. The number of nitrogens with zero attached hydrogens (tertiary/aromatic N) is 2. The van der Waals surface area contributed by atoms with Gasteiger partial charge in [-0.3, -0.25) is 4.79 Å². The van der Waals surface area contributed by atoms with Crippen molar-refractivity contribution in [3.63, 3.8) is 0 Å². The molecular formula is C16H27N3OS. The van der Waals surface area contributed by atoms with Crippen LogP contribution in [-0.4, -0.2) is 34.4 Å². The number of carbonyl (C=O) groups excluding carboxylic acids is 1. The van der Waals surface area contributed by atoms with E-state index in [4.69, 9.17) is 0 Å². The monoisotopic (exact) mass is 309 g/mol. The van der Waals surface area contributed by atoms with Crippen LogP contribution in [0.5, 0.6) is 0 Å². The number of hydrogen-bond donors (Lipinski definition) is 1. The quantitative estimate of drug-likeness (QED) is 0.909. The molecule has 3 atom stereocenters. The second-order valence-corrected chi connectivity index (χ2v) is 6.99. The largest absolute Gasteiger partial charge is 0.336 e. The van der Waals surface area contributed by atoms with Crippen LogP contribution in [0.1, 0.15) is 63.7 Å². The van der Waals surface area contributed by atoms with Crippen LogP contribution in [0.15, 0.2) is 5.38 Å². The fourth-order valence-electron chi connectivity index (χ4n) is 3.04. The maximum atomic E-state index is 12.5. The summed E-state index contributed by atoms with van der Waals surface area (Å²) >= 11 is 1.69. The smallest absolute Gasteiger partial charge is 0.237 e. The van der Waals surface area contributed by atoms with Gasteiger partial charge < -0.3 is 10.2 Å². The van der Waals surface area contributed by atoms with Gasteiger partial charge in [-0.05, 0) is 46.5 Å². The van der Waals surface area contributed by atoms with Gasteiger partial charge in [0.2, 0.25) is 5.91 Å². The minimum Gasteiger partial charge on any atom is -0.336 e. The van der Waals surface area contributed by atoms with E-state index in [9.17, 15) is 4.79 Å². The van der Waals surface area contributed by atoms with Crippen LogP contribution in [0.25, 0.3) is 0 Å². The summed E-state index contributed by atoms with van der Waals surface area (Å²) in [5.74, 6) is 0.215. The first-order chi connectivity index (χ1) is 10.0. The number of aromatic nitrogens is 1. The summed E-state index contributed by atoms with van der Waals surface area (Å²) in [5, 5.41) is 6.57. The molecule has 1 aliphatic rings. The predicted octanol–water partition coefficient (Wildman–Crippen LogP) is 3.15. The third-order valence-electron chi connectivity index (χ3n) is 4.36. The van der Waals surface area contributed by atoms with Crippen LogP contribution in [0.2, 0.25) is 0 Å². The molecule has 4 nitrogen and oxygen atoms in total. The predicted molar refractivity (Wildman–Crippen MR) is 87.5 cm³/mol. The van der Waals surface area contributed by atoms with E-state index in [2.05, 4.69) is 48.3 Å². The second kappa shape index (κ2) is 7.36. The second-order valence-electron chi connectivity index (χ2n) is 6.05. The van der Waals surface area contributed by atoms with Gasteiger partial charge in [-0.25, -0.2) is 4.98 Å². The Morgan fingerprint density at radius 2 is 2.14 bits per heavy atom. The lowest BCUT2D eigenvalue weighted by molar-refractivity contribution is -0.136. The molecule has 21 heavy (non-hydrogen) atoms. The summed E-state index contributed by atoms with van der Waals surface area (Å²) in [4.78, 5) is 19.1. The van der Waals surface area contributed by atoms with Gasteiger partial charge in [0.05, 0.1) is 17.2 Å². The van der Waals surface area contributed by atoms with Gasteiger partial charge in [-0.2, -0.15) is 0 Å². The molecule has 0 aliphatic carbocycles. The van der Waals surface area contributed by atoms with Gasteiger partial charge in [0, 0.05) is 23.5 Å². The number of thiazole rings is 1. The first-order valence-electron chi connectivity index (χ1n) is 8.01. The SMILES string of the molecule is CCc1nc([C@H](C)NCC(=O)N2[C@H](C)CCC[C@H]2C)cs1. The van der Waals surface area contributed by atoms with Crippen molar-refractivity contribution in [3.05, 3.63) is 16.1 Å². The highest BCUT2D eigenvalue weighted by Gasteiger charge is 2.28. The zero-order valence-electron chi connectivity index (χ0n) is 13.6. The molecule has 1 saturated heterocycles. The molecular weight excluding hydrogens is 282 g/mol. The molecule has 2 heterocycles. The standard InChI is InChI=1S/C16H27N3OS/c1-5-15-18-14(10-21-15)13(4)17-9-16(20)19-11(2)7-6-8-12(19)3/h10-13,17H,5-9H2,1-4H3/t11-,12-,13+/m1/s1. The van der Waals surface area contributed by atoms with E-state index < -0.39 is 0 Å². The molecule has 0 unspecified atom stereocenters. The zero-order chi connectivity index (χ0) is 15.4. The number of amides is 1. The van der Waals surface area contributed by atoms with E-state index in [1.54, 1.807) is 11.3 Å². The van der Waals surface area contributed by atoms with Gasteiger partial charge in [0.15, 0.2) is 0 Å². The van der Waals surface area contributed by atoms with Crippen molar-refractivity contribution in [3.8, 4) is 0 Å². The van der Waals surface area contributed by atoms with Crippen molar-refractivity contribution in [2.45, 2.75) is 71.5 Å². The number of piperidine rings is 1. The van der Waals surface area contributed by atoms with Crippen LogP contribution in [0.4, 0.5) is 0 Å². The van der Waals surface area contributed by atoms with E-state index in [0.29, 0.717) is 18.6 Å². The highest BCUT2D eigenvalue weighted by molar-refractivity contribution is 7.09. The molecule has 2 rings (SSSR count). The Morgan fingerprint density at radius 3 is 2.71 bits per heavy atom. The molecule has 1 aromatic heterocycles. The molecule has 1 fully saturated rings. The van der Waals surface area contributed by atoms with Crippen molar-refractivity contribution < 1.29 is 4.79 Å². The molecule has 0 spiro atoms. The summed E-state index contributed by atoms with van der Waals surface area (Å²) < 4.78 is 0. The Labute approximate surface area is 132 Å². The molecule has 1 N–H and O–H groups in total. The maximum Gasteiger partial charge on any atom is 0.237 e. The Balaban J connectivity index is 1.88. The lowest BCUT2D eigenvalue weighted by atomic mass is 9.97. The molecule has 5 heteroatoms. The number of carbonyl (C=O) groups is 1. The summed E-state index contributed by atoms with van der Waals surface area (Å²) in [6, 6.07) is 0.856. The first kappa shape index (κ1) is 16.4. The van der Waals surface area contributed by atoms with Gasteiger partial charge >= 0.3 is 0 Å². The molecule has 0 saturated carbocycles. The molecule has 0 radical (unpaired) electrons. The minimum atomic E-state index is 0.126. The minimum absolute atomic E-state index is 0.126. The summed E-state index contributed by atoms with van der Waals surface area (Å²) in [7, 11) is 0.